The molecule has 0 saturated carbocycles. The van der Waals surface area contributed by atoms with Gasteiger partial charge >= 0.3 is 0 Å². The van der Waals surface area contributed by atoms with E-state index in [1.165, 1.54) is 14.2 Å². The summed E-state index contributed by atoms with van der Waals surface area (Å²) in [6.07, 6.45) is 0.601. The molecule has 1 saturated heterocycles. The maximum Gasteiger partial charge on any atom is 0.228 e. The lowest BCUT2D eigenvalue weighted by Crippen LogP contribution is -2.43. The van der Waals surface area contributed by atoms with Crippen LogP contribution in [0.1, 0.15) is 31.2 Å². The summed E-state index contributed by atoms with van der Waals surface area (Å²) in [6.45, 7) is 3.00. The summed E-state index contributed by atoms with van der Waals surface area (Å²) in [5.74, 6) is -1.43. The van der Waals surface area contributed by atoms with Crippen molar-refractivity contribution in [2.24, 2.45) is 0 Å². The predicted molar refractivity (Wildman–Crippen MR) is 117 cm³/mol. The highest BCUT2D eigenvalue weighted by Gasteiger charge is 2.38. The minimum atomic E-state index is -0.432. The zero-order valence-corrected chi connectivity index (χ0v) is 18.8. The van der Waals surface area contributed by atoms with Gasteiger partial charge in [0.05, 0.1) is 27.4 Å². The number of benzene rings is 1. The first-order chi connectivity index (χ1) is 14.9. The van der Waals surface area contributed by atoms with Crippen LogP contribution >= 0.6 is 12.6 Å². The van der Waals surface area contributed by atoms with E-state index in [1.54, 1.807) is 11.8 Å². The number of nitrogens with zero attached hydrogens (tertiary/aromatic N) is 1. The van der Waals surface area contributed by atoms with Crippen LogP contribution in [0.4, 0.5) is 0 Å². The van der Waals surface area contributed by atoms with Crippen molar-refractivity contribution in [1.82, 2.24) is 4.90 Å². The Labute approximate surface area is 187 Å². The number of methoxy groups -OCH3 is 2. The molecule has 0 radical (unpaired) electrons. The number of carbonyl (C=O) groups is 3. The molecule has 1 heterocycles. The van der Waals surface area contributed by atoms with Crippen molar-refractivity contribution >= 4 is 30.1 Å². The van der Waals surface area contributed by atoms with E-state index < -0.39 is 5.92 Å². The van der Waals surface area contributed by atoms with Crippen LogP contribution < -0.4 is 0 Å². The molecule has 3 rings (SSSR count). The molecule has 1 aromatic carbocycles. The zero-order chi connectivity index (χ0) is 22.5. The van der Waals surface area contributed by atoms with Gasteiger partial charge in [-0.15, -0.1) is 12.6 Å². The second-order valence-corrected chi connectivity index (χ2v) is 8.01. The number of carbonyl (C=O) groups excluding carboxylic acids is 3. The quantitative estimate of drug-likeness (QED) is 0.513. The number of ketones is 2. The lowest BCUT2D eigenvalue weighted by atomic mass is 9.78. The van der Waals surface area contributed by atoms with Gasteiger partial charge in [0.1, 0.15) is 5.44 Å². The van der Waals surface area contributed by atoms with E-state index in [9.17, 15) is 14.4 Å². The van der Waals surface area contributed by atoms with Gasteiger partial charge in [0.2, 0.25) is 29.0 Å². The number of hydrogen-bond donors (Lipinski definition) is 1. The number of ether oxygens (including phenoxy) is 3. The minimum Gasteiger partial charge on any atom is -0.489 e. The molecular weight excluding hydrogens is 418 g/mol. The molecule has 1 aromatic rings. The molecule has 2 aliphatic rings. The van der Waals surface area contributed by atoms with Crippen LogP contribution in [-0.4, -0.2) is 61.7 Å². The molecule has 1 amide bonds. The Bertz CT molecular complexity index is 923. The van der Waals surface area contributed by atoms with Crippen LogP contribution in [0, 0.1) is 0 Å². The van der Waals surface area contributed by atoms with Gasteiger partial charge in [0.25, 0.3) is 0 Å². The number of morpholine rings is 1. The lowest BCUT2D eigenvalue weighted by molar-refractivity contribution is -0.136. The van der Waals surface area contributed by atoms with E-state index in [0.717, 1.165) is 5.56 Å². The Morgan fingerprint density at radius 3 is 2.42 bits per heavy atom. The first-order valence-electron chi connectivity index (χ1n) is 10.1. The molecule has 0 spiro atoms. The second-order valence-electron chi connectivity index (χ2n) is 7.43. The van der Waals surface area contributed by atoms with Gasteiger partial charge in [0.15, 0.2) is 0 Å². The van der Waals surface area contributed by atoms with Crippen molar-refractivity contribution in [2.45, 2.75) is 31.1 Å². The van der Waals surface area contributed by atoms with Crippen molar-refractivity contribution < 1.29 is 28.6 Å². The highest BCUT2D eigenvalue weighted by Crippen LogP contribution is 2.38. The molecule has 0 N–H and O–H groups in total. The minimum absolute atomic E-state index is 0.0313. The highest BCUT2D eigenvalue weighted by atomic mass is 32.1. The van der Waals surface area contributed by atoms with Crippen LogP contribution in [0.5, 0.6) is 0 Å². The third-order valence-corrected chi connectivity index (χ3v) is 5.93. The maximum absolute atomic E-state index is 13.3. The molecule has 1 aliphatic carbocycles. The Morgan fingerprint density at radius 1 is 1.16 bits per heavy atom. The van der Waals surface area contributed by atoms with Crippen LogP contribution in [0.15, 0.2) is 53.0 Å². The molecule has 2 atom stereocenters. The molecule has 2 unspecified atom stereocenters. The first kappa shape index (κ1) is 23.1. The Hall–Kier alpha value is -2.58. The van der Waals surface area contributed by atoms with Crippen molar-refractivity contribution in [2.75, 3.05) is 33.9 Å². The second kappa shape index (κ2) is 10.2. The van der Waals surface area contributed by atoms with E-state index in [0.29, 0.717) is 37.3 Å². The standard InChI is InChI=1S/C23H27NO6S/c1-14-19(21(27)23(29-3)22(28-2)20(14)26)16(15-7-5-4-6-8-15)9-10-17(25)24-11-12-30-18(31)13-24/h4-8,16,18,31H,9-13H2,1-3H3. The Kier molecular flexibility index (Phi) is 7.56. The van der Waals surface area contributed by atoms with Crippen molar-refractivity contribution in [3.8, 4) is 0 Å². The summed E-state index contributed by atoms with van der Waals surface area (Å²) in [7, 11) is 2.67. The predicted octanol–water partition coefficient (Wildman–Crippen LogP) is 2.64. The average Bonchev–Trinajstić information content (AvgIpc) is 2.78. The van der Waals surface area contributed by atoms with E-state index >= 15 is 0 Å². The third-order valence-electron chi connectivity index (χ3n) is 5.61. The van der Waals surface area contributed by atoms with Crippen molar-refractivity contribution in [1.29, 1.82) is 0 Å². The summed E-state index contributed by atoms with van der Waals surface area (Å²) in [5, 5.41) is 0. The number of amides is 1. The normalized spacial score (nSPS) is 20.8. The van der Waals surface area contributed by atoms with Crippen LogP contribution in [0.2, 0.25) is 0 Å². The van der Waals surface area contributed by atoms with E-state index in [1.807, 2.05) is 30.3 Å². The van der Waals surface area contributed by atoms with Gasteiger partial charge in [-0.05, 0) is 18.9 Å². The fraction of sp³-hybridized carbons (Fsp3) is 0.435. The van der Waals surface area contributed by atoms with E-state index in [2.05, 4.69) is 12.6 Å². The van der Waals surface area contributed by atoms with Crippen LogP contribution in [-0.2, 0) is 28.6 Å². The van der Waals surface area contributed by atoms with Crippen LogP contribution in [0.25, 0.3) is 0 Å². The molecule has 8 heteroatoms. The monoisotopic (exact) mass is 445 g/mol. The van der Waals surface area contributed by atoms with E-state index in [4.69, 9.17) is 14.2 Å². The molecule has 31 heavy (non-hydrogen) atoms. The van der Waals surface area contributed by atoms with Crippen molar-refractivity contribution in [3.05, 3.63) is 58.6 Å². The maximum atomic E-state index is 13.3. The van der Waals surface area contributed by atoms with Gasteiger partial charge in [-0.1, -0.05) is 30.3 Å². The van der Waals surface area contributed by atoms with Gasteiger partial charge < -0.3 is 19.1 Å². The summed E-state index contributed by atoms with van der Waals surface area (Å²) in [6, 6.07) is 9.42. The fourth-order valence-corrected chi connectivity index (χ4v) is 4.33. The van der Waals surface area contributed by atoms with Gasteiger partial charge in [-0.25, -0.2) is 0 Å². The molecule has 0 bridgehead atoms. The summed E-state index contributed by atoms with van der Waals surface area (Å²) in [4.78, 5) is 40.7. The summed E-state index contributed by atoms with van der Waals surface area (Å²) in [5.41, 5.74) is 1.21. The zero-order valence-electron chi connectivity index (χ0n) is 17.9. The third kappa shape index (κ3) is 4.85. The number of hydrogen-bond acceptors (Lipinski definition) is 7. The number of rotatable bonds is 7. The average molecular weight is 446 g/mol. The number of thiol groups is 1. The largest absolute Gasteiger partial charge is 0.489 e. The lowest BCUT2D eigenvalue weighted by Gasteiger charge is -2.31. The topological polar surface area (TPSA) is 82.1 Å². The van der Waals surface area contributed by atoms with Gasteiger partial charge in [-0.2, -0.15) is 0 Å². The fourth-order valence-electron chi connectivity index (χ4n) is 4.03. The summed E-state index contributed by atoms with van der Waals surface area (Å²) >= 11 is 4.30. The van der Waals surface area contributed by atoms with Crippen LogP contribution in [0.3, 0.4) is 0 Å². The van der Waals surface area contributed by atoms with E-state index in [-0.39, 0.29) is 40.8 Å². The molecule has 166 valence electrons. The van der Waals surface area contributed by atoms with Crippen molar-refractivity contribution in [3.63, 3.8) is 0 Å². The number of allylic oxidation sites excluding steroid dienone is 2. The first-order valence-corrected chi connectivity index (χ1v) is 10.7. The number of Topliss-reactive ketones (excluding diaryl/α,β-unsaturated/α-hetero) is 2. The molecule has 7 nitrogen and oxygen atoms in total. The summed E-state index contributed by atoms with van der Waals surface area (Å²) < 4.78 is 15.7. The molecule has 1 fully saturated rings. The highest BCUT2D eigenvalue weighted by molar-refractivity contribution is 7.80. The Morgan fingerprint density at radius 2 is 1.81 bits per heavy atom. The van der Waals surface area contributed by atoms with Gasteiger partial charge in [0, 0.05) is 30.0 Å². The molecule has 0 aromatic heterocycles. The molecular formula is C23H27NO6S. The smallest absolute Gasteiger partial charge is 0.228 e. The SMILES string of the molecule is COC1=C(OC)C(=O)C(C(CCC(=O)N2CCOC(S)C2)c2ccccc2)=C(C)C1=O. The molecule has 1 aliphatic heterocycles. The van der Waals surface area contributed by atoms with Gasteiger partial charge in [-0.3, -0.25) is 14.4 Å². The Balaban J connectivity index is 1.91.